The molecule has 0 N–H and O–H groups in total. The average Bonchev–Trinajstić information content (AvgIpc) is 3.92. The molecule has 13 rings (SSSR count). The summed E-state index contributed by atoms with van der Waals surface area (Å²) in [5, 5.41) is 6.99. The van der Waals surface area contributed by atoms with E-state index >= 15 is 0 Å². The Hall–Kier alpha value is -8.46. The third-order valence-electron chi connectivity index (χ3n) is 13.7. The summed E-state index contributed by atoms with van der Waals surface area (Å²) in [5.41, 5.74) is 16.7. The van der Waals surface area contributed by atoms with E-state index in [4.69, 9.17) is 4.42 Å². The van der Waals surface area contributed by atoms with Crippen LogP contribution >= 0.6 is 0 Å². The lowest BCUT2D eigenvalue weighted by atomic mass is 9.67. The van der Waals surface area contributed by atoms with E-state index < -0.39 is 5.41 Å². The predicted molar refractivity (Wildman–Crippen MR) is 272 cm³/mol. The van der Waals surface area contributed by atoms with Gasteiger partial charge in [-0.05, 0) is 109 Å². The van der Waals surface area contributed by atoms with Gasteiger partial charge in [-0.1, -0.05) is 206 Å². The van der Waals surface area contributed by atoms with Crippen molar-refractivity contribution in [2.24, 2.45) is 0 Å². The van der Waals surface area contributed by atoms with Gasteiger partial charge >= 0.3 is 0 Å². The van der Waals surface area contributed by atoms with Crippen LogP contribution in [0.4, 0.5) is 17.1 Å². The van der Waals surface area contributed by atoms with Gasteiger partial charge in [-0.2, -0.15) is 0 Å². The Morgan fingerprint density at radius 3 is 1.69 bits per heavy atom. The Morgan fingerprint density at radius 1 is 0.338 bits per heavy atom. The van der Waals surface area contributed by atoms with Crippen molar-refractivity contribution in [3.63, 3.8) is 0 Å². The van der Waals surface area contributed by atoms with Gasteiger partial charge in [-0.25, -0.2) is 0 Å². The molecule has 0 saturated heterocycles. The van der Waals surface area contributed by atoms with Crippen molar-refractivity contribution in [1.82, 2.24) is 0 Å². The quantitative estimate of drug-likeness (QED) is 0.159. The lowest BCUT2D eigenvalue weighted by Gasteiger charge is -2.35. The number of hydrogen-bond donors (Lipinski definition) is 0. The molecule has 0 bridgehead atoms. The summed E-state index contributed by atoms with van der Waals surface area (Å²) in [5.74, 6) is 0. The maximum absolute atomic E-state index is 6.76. The minimum absolute atomic E-state index is 0.544. The normalized spacial score (nSPS) is 12.7. The van der Waals surface area contributed by atoms with Gasteiger partial charge in [-0.15, -0.1) is 0 Å². The average molecular weight is 828 g/mol. The lowest BCUT2D eigenvalue weighted by Crippen LogP contribution is -2.28. The van der Waals surface area contributed by atoms with Crippen LogP contribution in [0.2, 0.25) is 0 Å². The van der Waals surface area contributed by atoms with Crippen LogP contribution in [0.25, 0.3) is 76.9 Å². The molecule has 1 aromatic heterocycles. The number of rotatable bonds is 7. The first-order chi connectivity index (χ1) is 32.3. The van der Waals surface area contributed by atoms with E-state index in [1.807, 2.05) is 0 Å². The number of para-hydroxylation sites is 1. The van der Waals surface area contributed by atoms with E-state index in [-0.39, 0.29) is 0 Å². The molecule has 0 radical (unpaired) electrons. The van der Waals surface area contributed by atoms with E-state index in [2.05, 4.69) is 254 Å². The summed E-state index contributed by atoms with van der Waals surface area (Å²) < 4.78 is 6.76. The number of anilines is 3. The van der Waals surface area contributed by atoms with Gasteiger partial charge in [0.15, 0.2) is 0 Å². The Balaban J connectivity index is 1.07. The molecule has 304 valence electrons. The van der Waals surface area contributed by atoms with E-state index in [0.29, 0.717) is 0 Å². The minimum atomic E-state index is -0.544. The monoisotopic (exact) mass is 827 g/mol. The zero-order valence-electron chi connectivity index (χ0n) is 35.5. The summed E-state index contributed by atoms with van der Waals surface area (Å²) in [4.78, 5) is 2.46. The Morgan fingerprint density at radius 2 is 0.908 bits per heavy atom. The summed E-state index contributed by atoms with van der Waals surface area (Å²) in [6.07, 6.45) is 0. The zero-order valence-corrected chi connectivity index (χ0v) is 35.5. The standard InChI is InChI=1S/C63H41NO/c1-3-20-45(21-4-1)63(46-22-5-2-6-23-46)57-30-13-11-26-52(57)53-40-38-48(41-58(53)63)64(47-36-33-44(34-37-47)50-28-15-19-42-17-7-9-24-49(42)50)59-31-14-12-27-54(59)55-29-16-32-60-61(55)56-39-35-43-18-8-10-25-51(43)62(56)65-60/h1-41H. The largest absolute Gasteiger partial charge is 0.455 e. The topological polar surface area (TPSA) is 16.4 Å². The highest BCUT2D eigenvalue weighted by Crippen LogP contribution is 2.57. The fourth-order valence-electron chi connectivity index (χ4n) is 10.9. The molecule has 1 aliphatic carbocycles. The summed E-state index contributed by atoms with van der Waals surface area (Å²) in [6.45, 7) is 0. The molecule has 0 aliphatic heterocycles. The van der Waals surface area contributed by atoms with Crippen LogP contribution in [-0.2, 0) is 5.41 Å². The first-order valence-electron chi connectivity index (χ1n) is 22.4. The maximum atomic E-state index is 6.76. The van der Waals surface area contributed by atoms with Gasteiger partial charge < -0.3 is 9.32 Å². The smallest absolute Gasteiger partial charge is 0.143 e. The van der Waals surface area contributed by atoms with Crippen LogP contribution in [0, 0.1) is 0 Å². The molecule has 0 saturated carbocycles. The third kappa shape index (κ3) is 5.67. The molecule has 0 unspecified atom stereocenters. The van der Waals surface area contributed by atoms with Crippen LogP contribution in [-0.4, -0.2) is 0 Å². The summed E-state index contributed by atoms with van der Waals surface area (Å²) in [7, 11) is 0. The van der Waals surface area contributed by atoms with Crippen molar-refractivity contribution < 1.29 is 4.42 Å². The highest BCUT2D eigenvalue weighted by Gasteiger charge is 2.46. The molecule has 1 aliphatic rings. The molecule has 1 heterocycles. The molecule has 2 heteroatoms. The van der Waals surface area contributed by atoms with Crippen LogP contribution in [0.1, 0.15) is 22.3 Å². The fraction of sp³-hybridized carbons (Fsp3) is 0.0159. The van der Waals surface area contributed by atoms with Crippen molar-refractivity contribution in [1.29, 1.82) is 0 Å². The first kappa shape index (κ1) is 37.1. The highest BCUT2D eigenvalue weighted by molar-refractivity contribution is 6.19. The van der Waals surface area contributed by atoms with Gasteiger partial charge in [0.2, 0.25) is 0 Å². The van der Waals surface area contributed by atoms with Gasteiger partial charge in [0.1, 0.15) is 11.2 Å². The Bertz CT molecular complexity index is 3730. The second-order valence-corrected chi connectivity index (χ2v) is 17.1. The molecular formula is C63H41NO. The first-order valence-corrected chi connectivity index (χ1v) is 22.4. The fourth-order valence-corrected chi connectivity index (χ4v) is 10.9. The maximum Gasteiger partial charge on any atom is 0.143 e. The van der Waals surface area contributed by atoms with Crippen LogP contribution < -0.4 is 4.90 Å². The molecule has 0 amide bonds. The van der Waals surface area contributed by atoms with Crippen LogP contribution in [0.5, 0.6) is 0 Å². The molecule has 0 atom stereocenters. The summed E-state index contributed by atoms with van der Waals surface area (Å²) >= 11 is 0. The van der Waals surface area contributed by atoms with E-state index in [1.54, 1.807) is 0 Å². The molecule has 12 aromatic rings. The van der Waals surface area contributed by atoms with Gasteiger partial charge in [0.25, 0.3) is 0 Å². The number of nitrogens with zero attached hydrogens (tertiary/aromatic N) is 1. The van der Waals surface area contributed by atoms with Gasteiger partial charge in [-0.3, -0.25) is 0 Å². The predicted octanol–water partition coefficient (Wildman–Crippen LogP) is 17.1. The summed E-state index contributed by atoms with van der Waals surface area (Å²) in [6, 6.07) is 90.9. The number of furan rings is 1. The van der Waals surface area contributed by atoms with Crippen molar-refractivity contribution in [3.8, 4) is 33.4 Å². The van der Waals surface area contributed by atoms with E-state index in [1.165, 1.54) is 60.7 Å². The molecule has 0 fully saturated rings. The molecule has 11 aromatic carbocycles. The lowest BCUT2D eigenvalue weighted by molar-refractivity contribution is 0.673. The van der Waals surface area contributed by atoms with Gasteiger partial charge in [0.05, 0.1) is 11.1 Å². The van der Waals surface area contributed by atoms with Crippen molar-refractivity contribution >= 4 is 60.5 Å². The number of benzene rings is 11. The Kier molecular flexibility index (Phi) is 8.47. The highest BCUT2D eigenvalue weighted by atomic mass is 16.3. The number of hydrogen-bond acceptors (Lipinski definition) is 2. The molecule has 65 heavy (non-hydrogen) atoms. The third-order valence-corrected chi connectivity index (χ3v) is 13.7. The second-order valence-electron chi connectivity index (χ2n) is 17.1. The van der Waals surface area contributed by atoms with Crippen molar-refractivity contribution in [3.05, 3.63) is 271 Å². The Labute approximate surface area is 377 Å². The minimum Gasteiger partial charge on any atom is -0.455 e. The van der Waals surface area contributed by atoms with E-state index in [9.17, 15) is 0 Å². The van der Waals surface area contributed by atoms with E-state index in [0.717, 1.165) is 55.5 Å². The van der Waals surface area contributed by atoms with Crippen LogP contribution in [0.3, 0.4) is 0 Å². The second kappa shape index (κ2) is 14.8. The van der Waals surface area contributed by atoms with Crippen LogP contribution in [0.15, 0.2) is 253 Å². The van der Waals surface area contributed by atoms with Crippen molar-refractivity contribution in [2.45, 2.75) is 5.41 Å². The molecule has 2 nitrogen and oxygen atoms in total. The molecular weight excluding hydrogens is 787 g/mol. The SMILES string of the molecule is c1ccc(C2(c3ccccc3)c3ccccc3-c3ccc(N(c4ccc(-c5cccc6ccccc56)cc4)c4ccccc4-c4cccc5oc6c7ccccc7ccc6c45)cc32)cc1. The zero-order chi connectivity index (χ0) is 42.9. The molecule has 0 spiro atoms. The number of fused-ring (bicyclic) bond motifs is 9. The van der Waals surface area contributed by atoms with Gasteiger partial charge in [0, 0.05) is 33.1 Å². The van der Waals surface area contributed by atoms with Crippen molar-refractivity contribution in [2.75, 3.05) is 4.90 Å².